The molecule has 0 amide bonds. The summed E-state index contributed by atoms with van der Waals surface area (Å²) in [6.45, 7) is 5.52. The molecule has 2 rings (SSSR count). The van der Waals surface area contributed by atoms with E-state index in [-0.39, 0.29) is 0 Å². The van der Waals surface area contributed by atoms with Crippen LogP contribution in [-0.2, 0) is 4.74 Å². The zero-order valence-electron chi connectivity index (χ0n) is 9.33. The first-order chi connectivity index (χ1) is 6.83. The lowest BCUT2D eigenvalue weighted by Crippen LogP contribution is -2.45. The van der Waals surface area contributed by atoms with E-state index in [1.165, 1.54) is 32.4 Å². The maximum Gasteiger partial charge on any atom is 0.0615 e. The third kappa shape index (κ3) is 1.95. The average molecular weight is 198 g/mol. The lowest BCUT2D eigenvalue weighted by molar-refractivity contribution is 0.0701. The summed E-state index contributed by atoms with van der Waals surface area (Å²) in [6, 6.07) is 2.14. The van der Waals surface area contributed by atoms with Gasteiger partial charge in [0.05, 0.1) is 6.61 Å². The summed E-state index contributed by atoms with van der Waals surface area (Å²) < 4.78 is 5.26. The molecule has 0 aromatic rings. The third-order valence-corrected chi connectivity index (χ3v) is 3.63. The van der Waals surface area contributed by atoms with Crippen molar-refractivity contribution in [3.05, 3.63) is 0 Å². The average Bonchev–Trinajstić information content (AvgIpc) is 2.40. The zero-order valence-corrected chi connectivity index (χ0v) is 9.33. The highest BCUT2D eigenvalue weighted by atomic mass is 16.5. The van der Waals surface area contributed by atoms with Crippen LogP contribution in [0.3, 0.4) is 0 Å². The molecule has 2 aliphatic heterocycles. The number of nitrogens with zero attached hydrogens (tertiary/aromatic N) is 1. The molecule has 82 valence electrons. The molecule has 0 aromatic carbocycles. The van der Waals surface area contributed by atoms with Crippen molar-refractivity contribution >= 4 is 0 Å². The Kier molecular flexibility index (Phi) is 3.42. The van der Waals surface area contributed by atoms with Crippen LogP contribution in [0.4, 0.5) is 0 Å². The first kappa shape index (κ1) is 10.4. The predicted octanol–water partition coefficient (Wildman–Crippen LogP) is 0.848. The number of ether oxygens (including phenoxy) is 1. The molecule has 2 aliphatic rings. The van der Waals surface area contributed by atoms with Gasteiger partial charge >= 0.3 is 0 Å². The number of methoxy groups -OCH3 is 1. The van der Waals surface area contributed by atoms with E-state index in [2.05, 4.69) is 17.1 Å². The minimum absolute atomic E-state index is 0.581. The van der Waals surface area contributed by atoms with Gasteiger partial charge < -0.3 is 10.1 Å². The van der Waals surface area contributed by atoms with Crippen LogP contribution in [0.15, 0.2) is 0 Å². The monoisotopic (exact) mass is 198 g/mol. The van der Waals surface area contributed by atoms with E-state index in [9.17, 15) is 0 Å². The number of nitrogens with one attached hydrogen (secondary N) is 1. The van der Waals surface area contributed by atoms with Gasteiger partial charge in [-0.05, 0) is 32.7 Å². The Morgan fingerprint density at radius 2 is 2.14 bits per heavy atom. The molecule has 1 unspecified atom stereocenters. The van der Waals surface area contributed by atoms with E-state index < -0.39 is 0 Å². The van der Waals surface area contributed by atoms with Gasteiger partial charge in [0.25, 0.3) is 0 Å². The molecule has 1 N–H and O–H groups in total. The van der Waals surface area contributed by atoms with E-state index in [1.54, 1.807) is 7.11 Å². The van der Waals surface area contributed by atoms with Crippen LogP contribution in [0.2, 0.25) is 0 Å². The largest absolute Gasteiger partial charge is 0.383 e. The highest BCUT2D eigenvalue weighted by molar-refractivity contribution is 4.94. The van der Waals surface area contributed by atoms with Gasteiger partial charge in [-0.25, -0.2) is 0 Å². The molecule has 0 aromatic heterocycles. The molecule has 3 atom stereocenters. The lowest BCUT2D eigenvalue weighted by atomic mass is 10.1. The second-order valence-electron chi connectivity index (χ2n) is 4.63. The summed E-state index contributed by atoms with van der Waals surface area (Å²) >= 11 is 0. The van der Waals surface area contributed by atoms with Crippen molar-refractivity contribution in [1.82, 2.24) is 10.2 Å². The maximum atomic E-state index is 5.26. The van der Waals surface area contributed by atoms with Crippen molar-refractivity contribution in [3.63, 3.8) is 0 Å². The number of rotatable bonds is 3. The Morgan fingerprint density at radius 3 is 2.93 bits per heavy atom. The van der Waals surface area contributed by atoms with Crippen molar-refractivity contribution in [2.45, 2.75) is 44.3 Å². The molecule has 2 fully saturated rings. The molecule has 2 saturated heterocycles. The Balaban J connectivity index is 2.01. The SMILES string of the molecule is COCC(C)N1[C@H]2CCNC[C@@H]1CC2. The van der Waals surface area contributed by atoms with Crippen LogP contribution in [0, 0.1) is 0 Å². The highest BCUT2D eigenvalue weighted by Crippen LogP contribution is 2.29. The molecule has 2 bridgehead atoms. The minimum atomic E-state index is 0.581. The van der Waals surface area contributed by atoms with Gasteiger partial charge in [0.1, 0.15) is 0 Å². The van der Waals surface area contributed by atoms with Crippen molar-refractivity contribution in [3.8, 4) is 0 Å². The van der Waals surface area contributed by atoms with Gasteiger partial charge in [-0.15, -0.1) is 0 Å². The summed E-state index contributed by atoms with van der Waals surface area (Å²) in [4.78, 5) is 2.68. The van der Waals surface area contributed by atoms with Crippen molar-refractivity contribution in [2.75, 3.05) is 26.8 Å². The Labute approximate surface area is 86.8 Å². The quantitative estimate of drug-likeness (QED) is 0.727. The Bertz CT molecular complexity index is 172. The van der Waals surface area contributed by atoms with Gasteiger partial charge in [-0.2, -0.15) is 0 Å². The number of hydrogen-bond acceptors (Lipinski definition) is 3. The maximum absolute atomic E-state index is 5.26. The van der Waals surface area contributed by atoms with Crippen LogP contribution in [0.1, 0.15) is 26.2 Å². The highest BCUT2D eigenvalue weighted by Gasteiger charge is 2.37. The fraction of sp³-hybridized carbons (Fsp3) is 1.00. The van der Waals surface area contributed by atoms with E-state index in [1.807, 2.05) is 0 Å². The van der Waals surface area contributed by atoms with E-state index >= 15 is 0 Å². The van der Waals surface area contributed by atoms with Crippen LogP contribution < -0.4 is 5.32 Å². The zero-order chi connectivity index (χ0) is 9.97. The van der Waals surface area contributed by atoms with Crippen LogP contribution in [0.25, 0.3) is 0 Å². The van der Waals surface area contributed by atoms with Crippen molar-refractivity contribution in [1.29, 1.82) is 0 Å². The predicted molar refractivity (Wildman–Crippen MR) is 57.5 cm³/mol. The molecule has 0 aliphatic carbocycles. The van der Waals surface area contributed by atoms with Gasteiger partial charge in [0.2, 0.25) is 0 Å². The van der Waals surface area contributed by atoms with Gasteiger partial charge in [-0.1, -0.05) is 0 Å². The Hall–Kier alpha value is -0.120. The summed E-state index contributed by atoms with van der Waals surface area (Å²) in [7, 11) is 1.80. The fourth-order valence-electron chi connectivity index (χ4n) is 3.07. The fourth-order valence-corrected chi connectivity index (χ4v) is 3.07. The lowest BCUT2D eigenvalue weighted by Gasteiger charge is -2.33. The second kappa shape index (κ2) is 4.60. The van der Waals surface area contributed by atoms with Crippen LogP contribution in [0.5, 0.6) is 0 Å². The number of hydrogen-bond donors (Lipinski definition) is 1. The van der Waals surface area contributed by atoms with E-state index in [0.717, 1.165) is 18.7 Å². The van der Waals surface area contributed by atoms with Crippen LogP contribution in [-0.4, -0.2) is 49.8 Å². The van der Waals surface area contributed by atoms with Gasteiger partial charge in [0, 0.05) is 31.8 Å². The molecular formula is C11H22N2O. The molecule has 0 saturated carbocycles. The molecule has 0 radical (unpaired) electrons. The van der Waals surface area contributed by atoms with Gasteiger partial charge in [-0.3, -0.25) is 4.90 Å². The topological polar surface area (TPSA) is 24.5 Å². The van der Waals surface area contributed by atoms with Crippen molar-refractivity contribution in [2.24, 2.45) is 0 Å². The summed E-state index contributed by atoms with van der Waals surface area (Å²) in [5.41, 5.74) is 0. The van der Waals surface area contributed by atoms with Gasteiger partial charge in [0.15, 0.2) is 0 Å². The summed E-state index contributed by atoms with van der Waals surface area (Å²) in [5, 5.41) is 3.52. The number of fused-ring (bicyclic) bond motifs is 2. The summed E-state index contributed by atoms with van der Waals surface area (Å²) in [5.74, 6) is 0. The molecular weight excluding hydrogens is 176 g/mol. The standard InChI is InChI=1S/C11H22N2O/c1-9(8-14-2)13-10-3-4-11(13)7-12-6-5-10/h9-12H,3-8H2,1-2H3/t9?,10-,11+/m1/s1. The van der Waals surface area contributed by atoms with E-state index in [0.29, 0.717) is 6.04 Å². The smallest absolute Gasteiger partial charge is 0.0615 e. The molecule has 0 spiro atoms. The van der Waals surface area contributed by atoms with E-state index in [4.69, 9.17) is 4.74 Å². The minimum Gasteiger partial charge on any atom is -0.383 e. The molecule has 3 nitrogen and oxygen atoms in total. The van der Waals surface area contributed by atoms with Crippen molar-refractivity contribution < 1.29 is 4.74 Å². The molecule has 2 heterocycles. The first-order valence-electron chi connectivity index (χ1n) is 5.80. The second-order valence-corrected chi connectivity index (χ2v) is 4.63. The Morgan fingerprint density at radius 1 is 1.36 bits per heavy atom. The first-order valence-corrected chi connectivity index (χ1v) is 5.80. The normalized spacial score (nSPS) is 35.6. The summed E-state index contributed by atoms with van der Waals surface area (Å²) in [6.07, 6.45) is 4.07. The molecule has 14 heavy (non-hydrogen) atoms. The molecule has 3 heteroatoms. The third-order valence-electron chi connectivity index (χ3n) is 3.63. The van der Waals surface area contributed by atoms with Crippen LogP contribution >= 0.6 is 0 Å².